The molecule has 2 aliphatic heterocycles. The molecule has 0 spiro atoms. The Hall–Kier alpha value is -2.67. The molecule has 0 aromatic heterocycles. The van der Waals surface area contributed by atoms with Crippen LogP contribution in [0.4, 0.5) is 0 Å². The van der Waals surface area contributed by atoms with Crippen molar-refractivity contribution in [3.63, 3.8) is 0 Å². The van der Waals surface area contributed by atoms with Gasteiger partial charge in [-0.3, -0.25) is 0 Å². The Bertz CT molecular complexity index is 1580. The molecular formula is C44H67BrO7Si2. The van der Waals surface area contributed by atoms with Gasteiger partial charge >= 0.3 is 11.9 Å². The number of esters is 2. The summed E-state index contributed by atoms with van der Waals surface area (Å²) in [5.41, 5.74) is 12.8. The molecule has 0 saturated carbocycles. The summed E-state index contributed by atoms with van der Waals surface area (Å²) >= 11 is 3.57. The van der Waals surface area contributed by atoms with Gasteiger partial charge in [0, 0.05) is 43.7 Å². The van der Waals surface area contributed by atoms with Gasteiger partial charge in [-0.05, 0) is 92.3 Å². The molecule has 2 aromatic carbocycles. The van der Waals surface area contributed by atoms with Gasteiger partial charge in [-0.2, -0.15) is 0 Å². The smallest absolute Gasteiger partial charge is 0.342 e. The minimum Gasteiger partial charge on any atom is -0.493 e. The standard InChI is InChI=1S/C22H33BrO3Si.C22H34O4Si/c2*1-7-16(13-23)9-10-18-17(8-2)15(3)19-14-26-22(24)20(19)21(18)25-11-12-27(4,5)6/h9H,7-8,10-14H2,1-6H3;9,23H,7-8,10-14H2,1-6H3/b2*16-9-. The lowest BCUT2D eigenvalue weighted by atomic mass is 9.89. The Labute approximate surface area is 336 Å². The highest BCUT2D eigenvalue weighted by atomic mass is 79.9. The monoisotopic (exact) mass is 842 g/mol. The highest BCUT2D eigenvalue weighted by Gasteiger charge is 2.34. The van der Waals surface area contributed by atoms with Gasteiger partial charge in [0.25, 0.3) is 0 Å². The first kappa shape index (κ1) is 45.7. The first-order chi connectivity index (χ1) is 25.5. The molecule has 0 radical (unpaired) electrons. The summed E-state index contributed by atoms with van der Waals surface area (Å²) in [5, 5.41) is 10.4. The van der Waals surface area contributed by atoms with Crippen molar-refractivity contribution in [3.8, 4) is 11.5 Å². The van der Waals surface area contributed by atoms with E-state index in [1.165, 1.54) is 22.3 Å². The van der Waals surface area contributed by atoms with Crippen molar-refractivity contribution >= 4 is 44.0 Å². The molecule has 0 aliphatic carbocycles. The van der Waals surface area contributed by atoms with Gasteiger partial charge in [0.15, 0.2) is 0 Å². The van der Waals surface area contributed by atoms with Crippen molar-refractivity contribution in [3.05, 3.63) is 78.9 Å². The summed E-state index contributed by atoms with van der Waals surface area (Å²) in [6.45, 7) is 28.8. The number of rotatable bonds is 18. The second kappa shape index (κ2) is 20.5. The average molecular weight is 844 g/mol. The van der Waals surface area contributed by atoms with Crippen LogP contribution in [0.15, 0.2) is 23.3 Å². The van der Waals surface area contributed by atoms with Crippen LogP contribution in [-0.4, -0.2) is 58.3 Å². The molecule has 0 unspecified atom stereocenters. The lowest BCUT2D eigenvalue weighted by molar-refractivity contribution is 0.0523. The van der Waals surface area contributed by atoms with Crippen LogP contribution < -0.4 is 9.47 Å². The molecule has 0 bridgehead atoms. The molecule has 1 N–H and O–H groups in total. The molecule has 0 fully saturated rings. The number of hydrogen-bond acceptors (Lipinski definition) is 7. The molecule has 54 heavy (non-hydrogen) atoms. The maximum atomic E-state index is 12.5. The normalized spacial score (nSPS) is 14.3. The van der Waals surface area contributed by atoms with Gasteiger partial charge in [0.1, 0.15) is 35.8 Å². The molecule has 4 rings (SSSR count). The zero-order chi connectivity index (χ0) is 40.4. The van der Waals surface area contributed by atoms with E-state index in [4.69, 9.17) is 18.9 Å². The Morgan fingerprint density at radius 1 is 0.685 bits per heavy atom. The number of ether oxygens (including phenoxy) is 4. The lowest BCUT2D eigenvalue weighted by Gasteiger charge is -2.22. The Balaban J connectivity index is 0.000000290. The summed E-state index contributed by atoms with van der Waals surface area (Å²) in [4.78, 5) is 24.9. The molecule has 300 valence electrons. The van der Waals surface area contributed by atoms with E-state index >= 15 is 0 Å². The van der Waals surface area contributed by atoms with Gasteiger partial charge in [-0.1, -0.05) is 101 Å². The summed E-state index contributed by atoms with van der Waals surface area (Å²) < 4.78 is 23.3. The fourth-order valence-corrected chi connectivity index (χ4v) is 9.04. The first-order valence-corrected chi connectivity index (χ1v) is 28.5. The van der Waals surface area contributed by atoms with Crippen LogP contribution in [0.2, 0.25) is 51.4 Å². The second-order valence-corrected chi connectivity index (χ2v) is 28.6. The van der Waals surface area contributed by atoms with Crippen LogP contribution in [0.25, 0.3) is 0 Å². The largest absolute Gasteiger partial charge is 0.493 e. The molecule has 7 nitrogen and oxygen atoms in total. The molecule has 2 aromatic rings. The minimum atomic E-state index is -1.24. The van der Waals surface area contributed by atoms with E-state index in [1.807, 2.05) is 6.92 Å². The molecule has 0 saturated heterocycles. The van der Waals surface area contributed by atoms with Crippen molar-refractivity contribution in [2.75, 3.05) is 25.2 Å². The Kier molecular flexibility index (Phi) is 17.3. The van der Waals surface area contributed by atoms with Crippen LogP contribution in [0.3, 0.4) is 0 Å². The van der Waals surface area contributed by atoms with Crippen molar-refractivity contribution < 1.29 is 33.6 Å². The number of hydrogen-bond donors (Lipinski definition) is 1. The SMILES string of the molecule is CC/C(=C/Cc1c(CC)c(C)c2c(c1OCC[Si](C)(C)C)C(=O)OC2)CBr.CC/C(=C/Cc1c(CC)c(C)c2c(c1OCC[Si](C)(C)C)C(=O)OC2)CO. The van der Waals surface area contributed by atoms with Gasteiger partial charge in [-0.15, -0.1) is 0 Å². The third-order valence-electron chi connectivity index (χ3n) is 10.6. The molecule has 10 heteroatoms. The van der Waals surface area contributed by atoms with Crippen LogP contribution in [0, 0.1) is 13.8 Å². The number of aliphatic hydroxyl groups excluding tert-OH is 1. The van der Waals surface area contributed by atoms with Gasteiger partial charge in [0.2, 0.25) is 0 Å². The van der Waals surface area contributed by atoms with Crippen molar-refractivity contribution in [2.45, 2.75) is 145 Å². The number of aliphatic hydroxyl groups is 1. The second-order valence-electron chi connectivity index (χ2n) is 16.8. The molecular weight excluding hydrogens is 777 g/mol. The minimum absolute atomic E-state index is 0.0652. The fourth-order valence-electron chi connectivity index (χ4n) is 6.99. The number of benzene rings is 2. The van der Waals surface area contributed by atoms with E-state index in [-0.39, 0.29) is 18.5 Å². The molecule has 0 amide bonds. The number of cyclic esters (lactones) is 2. The van der Waals surface area contributed by atoms with E-state index in [2.05, 4.69) is 102 Å². The number of carbonyl (C=O) groups is 2. The first-order valence-electron chi connectivity index (χ1n) is 19.9. The average Bonchev–Trinajstić information content (AvgIpc) is 3.70. The predicted octanol–water partition coefficient (Wildman–Crippen LogP) is 11.0. The Morgan fingerprint density at radius 3 is 1.39 bits per heavy atom. The summed E-state index contributed by atoms with van der Waals surface area (Å²) in [7, 11) is -2.45. The predicted molar refractivity (Wildman–Crippen MR) is 232 cm³/mol. The van der Waals surface area contributed by atoms with Crippen molar-refractivity contribution in [2.24, 2.45) is 0 Å². The van der Waals surface area contributed by atoms with E-state index in [1.54, 1.807) is 0 Å². The summed E-state index contributed by atoms with van der Waals surface area (Å²) in [5.74, 6) is 0.967. The third kappa shape index (κ3) is 11.7. The maximum absolute atomic E-state index is 12.5. The van der Waals surface area contributed by atoms with E-state index < -0.39 is 16.1 Å². The number of halogens is 1. The highest BCUT2D eigenvalue weighted by Crippen LogP contribution is 2.41. The zero-order valence-electron chi connectivity index (χ0n) is 35.3. The van der Waals surface area contributed by atoms with E-state index in [9.17, 15) is 14.7 Å². The zero-order valence-corrected chi connectivity index (χ0v) is 38.9. The lowest BCUT2D eigenvalue weighted by Crippen LogP contribution is -2.23. The van der Waals surface area contributed by atoms with Gasteiger partial charge < -0.3 is 24.1 Å². The Morgan fingerprint density at radius 2 is 1.07 bits per heavy atom. The van der Waals surface area contributed by atoms with Crippen LogP contribution >= 0.6 is 15.9 Å². The van der Waals surface area contributed by atoms with Gasteiger partial charge in [-0.25, -0.2) is 9.59 Å². The fraction of sp³-hybridized carbons (Fsp3) is 0.591. The highest BCUT2D eigenvalue weighted by molar-refractivity contribution is 9.09. The van der Waals surface area contributed by atoms with Crippen LogP contribution in [0.5, 0.6) is 11.5 Å². The van der Waals surface area contributed by atoms with Crippen molar-refractivity contribution in [1.82, 2.24) is 0 Å². The number of carbonyl (C=O) groups excluding carboxylic acids is 2. The van der Waals surface area contributed by atoms with Crippen LogP contribution in [0.1, 0.15) is 106 Å². The number of alkyl halides is 1. The van der Waals surface area contributed by atoms with Gasteiger partial charge in [0.05, 0.1) is 19.8 Å². The topological polar surface area (TPSA) is 91.3 Å². The summed E-state index contributed by atoms with van der Waals surface area (Å²) in [6, 6.07) is 2.11. The number of allylic oxidation sites excluding steroid dienone is 3. The van der Waals surface area contributed by atoms with Crippen molar-refractivity contribution in [1.29, 1.82) is 0 Å². The quantitative estimate of drug-likeness (QED) is 0.0692. The number of fused-ring (bicyclic) bond motifs is 2. The molecule has 2 heterocycles. The maximum Gasteiger partial charge on any atom is 0.342 e. The third-order valence-corrected chi connectivity index (χ3v) is 14.8. The van der Waals surface area contributed by atoms with E-state index in [0.29, 0.717) is 49.7 Å². The molecule has 0 atom stereocenters. The van der Waals surface area contributed by atoms with E-state index in [0.717, 1.165) is 88.7 Å². The summed E-state index contributed by atoms with van der Waals surface area (Å²) in [6.07, 6.45) is 9.45. The molecule has 2 aliphatic rings. The van der Waals surface area contributed by atoms with Crippen LogP contribution in [-0.2, 0) is 48.4 Å².